The van der Waals surface area contributed by atoms with E-state index in [2.05, 4.69) is 34.3 Å². The van der Waals surface area contributed by atoms with Crippen molar-refractivity contribution in [2.45, 2.75) is 52.1 Å². The molecule has 0 aromatic carbocycles. The molecule has 21 heavy (non-hydrogen) atoms. The van der Waals surface area contributed by atoms with Crippen LogP contribution in [0, 0.1) is 5.92 Å². The smallest absolute Gasteiger partial charge is 0.220 e. The maximum atomic E-state index is 12.1. The minimum absolute atomic E-state index is 0.0965. The van der Waals surface area contributed by atoms with Crippen LogP contribution in [-0.2, 0) is 4.79 Å². The number of nitrogen functional groups attached to an aromatic ring is 1. The summed E-state index contributed by atoms with van der Waals surface area (Å²) in [6, 6.07) is 0.478. The molecule has 3 N–H and O–H groups in total. The van der Waals surface area contributed by atoms with E-state index < -0.39 is 0 Å². The van der Waals surface area contributed by atoms with Gasteiger partial charge >= 0.3 is 0 Å². The second-order valence-electron chi connectivity index (χ2n) is 6.04. The fraction of sp³-hybridized carbons (Fsp3) is 0.786. The first-order chi connectivity index (χ1) is 9.95. The molecule has 0 saturated carbocycles. The third kappa shape index (κ3) is 4.64. The fourth-order valence-corrected chi connectivity index (χ4v) is 3.33. The lowest BCUT2D eigenvalue weighted by Crippen LogP contribution is -2.39. The molecule has 118 valence electrons. The highest BCUT2D eigenvalue weighted by molar-refractivity contribution is 7.15. The van der Waals surface area contributed by atoms with E-state index in [1.807, 2.05) is 6.92 Å². The molecule has 7 heteroatoms. The second-order valence-corrected chi connectivity index (χ2v) is 7.09. The molecule has 1 amide bonds. The first-order valence-corrected chi connectivity index (χ1v) is 8.39. The van der Waals surface area contributed by atoms with Crippen molar-refractivity contribution in [3.05, 3.63) is 5.01 Å². The Bertz CT molecular complexity index is 468. The normalized spacial score (nSPS) is 18.9. The van der Waals surface area contributed by atoms with Gasteiger partial charge in [-0.05, 0) is 52.6 Å². The average molecular weight is 311 g/mol. The van der Waals surface area contributed by atoms with Crippen LogP contribution in [0.2, 0.25) is 0 Å². The monoisotopic (exact) mass is 311 g/mol. The predicted octanol–water partition coefficient (Wildman–Crippen LogP) is 1.81. The quantitative estimate of drug-likeness (QED) is 0.866. The first kappa shape index (κ1) is 16.2. The molecule has 2 rings (SSSR count). The van der Waals surface area contributed by atoms with Crippen LogP contribution in [0.5, 0.6) is 0 Å². The number of amides is 1. The van der Waals surface area contributed by atoms with Crippen LogP contribution in [0.3, 0.4) is 0 Å². The summed E-state index contributed by atoms with van der Waals surface area (Å²) in [4.78, 5) is 14.6. The lowest BCUT2D eigenvalue weighted by Gasteiger charge is -2.34. The average Bonchev–Trinajstić information content (AvgIpc) is 2.86. The van der Waals surface area contributed by atoms with Crippen LogP contribution in [0.4, 0.5) is 5.13 Å². The first-order valence-electron chi connectivity index (χ1n) is 7.58. The van der Waals surface area contributed by atoms with Gasteiger partial charge in [0, 0.05) is 12.5 Å². The van der Waals surface area contributed by atoms with Crippen LogP contribution < -0.4 is 11.1 Å². The molecule has 0 unspecified atom stereocenters. The van der Waals surface area contributed by atoms with Gasteiger partial charge in [0.25, 0.3) is 0 Å². The molecule has 1 aliphatic heterocycles. The third-order valence-corrected chi connectivity index (χ3v) is 4.99. The van der Waals surface area contributed by atoms with Gasteiger partial charge in [-0.25, -0.2) is 0 Å². The number of likely N-dealkylation sites (tertiary alicyclic amines) is 1. The number of aromatic nitrogens is 2. The summed E-state index contributed by atoms with van der Waals surface area (Å²) in [5, 5.41) is 11.9. The Hall–Kier alpha value is -1.21. The third-order valence-electron chi connectivity index (χ3n) is 4.06. The van der Waals surface area contributed by atoms with Gasteiger partial charge in [-0.3, -0.25) is 4.79 Å². The largest absolute Gasteiger partial charge is 0.374 e. The highest BCUT2D eigenvalue weighted by atomic mass is 32.1. The van der Waals surface area contributed by atoms with Crippen molar-refractivity contribution in [1.82, 2.24) is 20.4 Å². The molecule has 6 nitrogen and oxygen atoms in total. The summed E-state index contributed by atoms with van der Waals surface area (Å²) in [6.07, 6.45) is 2.81. The van der Waals surface area contributed by atoms with Gasteiger partial charge in [0.1, 0.15) is 5.01 Å². The van der Waals surface area contributed by atoms with E-state index in [1.54, 1.807) is 0 Å². The number of nitrogens with zero attached hydrogens (tertiary/aromatic N) is 3. The van der Waals surface area contributed by atoms with Crippen molar-refractivity contribution < 1.29 is 4.79 Å². The molecule has 0 aliphatic carbocycles. The number of hydrogen-bond acceptors (Lipinski definition) is 6. The van der Waals surface area contributed by atoms with Gasteiger partial charge < -0.3 is 16.0 Å². The second kappa shape index (κ2) is 7.17. The van der Waals surface area contributed by atoms with Crippen molar-refractivity contribution >= 4 is 22.4 Å². The zero-order valence-electron chi connectivity index (χ0n) is 13.0. The summed E-state index contributed by atoms with van der Waals surface area (Å²) in [6.45, 7) is 8.56. The van der Waals surface area contributed by atoms with E-state index in [0.717, 1.165) is 30.9 Å². The number of piperidine rings is 1. The Morgan fingerprint density at radius 2 is 2.05 bits per heavy atom. The van der Waals surface area contributed by atoms with Gasteiger partial charge in [-0.15, -0.1) is 10.2 Å². The minimum atomic E-state index is -0.122. The van der Waals surface area contributed by atoms with Crippen molar-refractivity contribution in [2.75, 3.05) is 18.8 Å². The van der Waals surface area contributed by atoms with E-state index in [1.165, 1.54) is 11.3 Å². The fourth-order valence-electron chi connectivity index (χ4n) is 2.72. The Labute approximate surface area is 130 Å². The van der Waals surface area contributed by atoms with Crippen molar-refractivity contribution in [1.29, 1.82) is 0 Å². The van der Waals surface area contributed by atoms with Gasteiger partial charge in [0.05, 0.1) is 6.04 Å². The van der Waals surface area contributed by atoms with Crippen LogP contribution in [0.25, 0.3) is 0 Å². The van der Waals surface area contributed by atoms with E-state index in [4.69, 9.17) is 5.73 Å². The lowest BCUT2D eigenvalue weighted by atomic mass is 9.92. The van der Waals surface area contributed by atoms with Gasteiger partial charge in [0.2, 0.25) is 11.0 Å². The van der Waals surface area contributed by atoms with Gasteiger partial charge in [0.15, 0.2) is 0 Å². The maximum Gasteiger partial charge on any atom is 0.220 e. The van der Waals surface area contributed by atoms with Gasteiger partial charge in [-0.1, -0.05) is 11.3 Å². The van der Waals surface area contributed by atoms with Crippen LogP contribution in [0.1, 0.15) is 51.1 Å². The summed E-state index contributed by atoms with van der Waals surface area (Å²) < 4.78 is 0. The topological polar surface area (TPSA) is 84.1 Å². The lowest BCUT2D eigenvalue weighted by molar-refractivity contribution is -0.123. The molecule has 1 aromatic heterocycles. The Morgan fingerprint density at radius 3 is 2.57 bits per heavy atom. The summed E-state index contributed by atoms with van der Waals surface area (Å²) >= 11 is 1.32. The molecule has 1 fully saturated rings. The minimum Gasteiger partial charge on any atom is -0.374 e. The van der Waals surface area contributed by atoms with Crippen LogP contribution in [-0.4, -0.2) is 40.1 Å². The molecular weight excluding hydrogens is 286 g/mol. The molecular formula is C14H25N5OS. The van der Waals surface area contributed by atoms with E-state index in [0.29, 0.717) is 23.5 Å². The molecule has 2 heterocycles. The van der Waals surface area contributed by atoms with Crippen molar-refractivity contribution in [2.24, 2.45) is 5.92 Å². The molecule has 0 radical (unpaired) electrons. The molecule has 0 spiro atoms. The summed E-state index contributed by atoms with van der Waals surface area (Å²) in [5.74, 6) is 0.589. The predicted molar refractivity (Wildman–Crippen MR) is 84.9 cm³/mol. The maximum absolute atomic E-state index is 12.1. The number of nitrogens with one attached hydrogen (secondary N) is 1. The standard InChI is InChI=1S/C14H25N5OS/c1-9(2)19-6-4-11(5-7-19)8-12(20)16-10(3)13-17-18-14(15)21-13/h9-11H,4-8H2,1-3H3,(H2,15,18)(H,16,20)/t10-/m0/s1. The molecule has 1 aromatic rings. The number of nitrogens with two attached hydrogens (primary N) is 1. The zero-order valence-corrected chi connectivity index (χ0v) is 13.8. The van der Waals surface area contributed by atoms with Crippen molar-refractivity contribution in [3.8, 4) is 0 Å². The SMILES string of the molecule is CC(C)N1CCC(CC(=O)N[C@@H](C)c2nnc(N)s2)CC1. The molecule has 0 bridgehead atoms. The number of rotatable bonds is 5. The molecule has 1 atom stereocenters. The number of carbonyl (C=O) groups excluding carboxylic acids is 1. The summed E-state index contributed by atoms with van der Waals surface area (Å²) in [5.41, 5.74) is 5.56. The van der Waals surface area contributed by atoms with E-state index in [-0.39, 0.29) is 11.9 Å². The van der Waals surface area contributed by atoms with E-state index >= 15 is 0 Å². The van der Waals surface area contributed by atoms with Crippen molar-refractivity contribution in [3.63, 3.8) is 0 Å². The highest BCUT2D eigenvalue weighted by Gasteiger charge is 2.23. The number of carbonyl (C=O) groups is 1. The number of anilines is 1. The molecule has 1 saturated heterocycles. The zero-order chi connectivity index (χ0) is 15.4. The summed E-state index contributed by atoms with van der Waals surface area (Å²) in [7, 11) is 0. The molecule has 1 aliphatic rings. The Morgan fingerprint density at radius 1 is 1.38 bits per heavy atom. The van der Waals surface area contributed by atoms with Crippen LogP contribution in [0.15, 0.2) is 0 Å². The van der Waals surface area contributed by atoms with E-state index in [9.17, 15) is 4.79 Å². The van der Waals surface area contributed by atoms with Crippen LogP contribution >= 0.6 is 11.3 Å². The highest BCUT2D eigenvalue weighted by Crippen LogP contribution is 2.23. The Balaban J connectivity index is 1.75. The van der Waals surface area contributed by atoms with Gasteiger partial charge in [-0.2, -0.15) is 0 Å². The number of hydrogen-bond donors (Lipinski definition) is 2. The Kier molecular flexibility index (Phi) is 5.52.